The van der Waals surface area contributed by atoms with Crippen molar-refractivity contribution in [2.75, 3.05) is 19.0 Å². The van der Waals surface area contributed by atoms with Gasteiger partial charge in [0.1, 0.15) is 24.1 Å². The lowest BCUT2D eigenvalue weighted by Gasteiger charge is -2.18. The van der Waals surface area contributed by atoms with Gasteiger partial charge in [0, 0.05) is 5.56 Å². The number of methoxy groups -OCH3 is 1. The Kier molecular flexibility index (Phi) is 5.16. The van der Waals surface area contributed by atoms with Gasteiger partial charge in [-0.25, -0.2) is 4.79 Å². The molecular weight excluding hydrogens is 370 g/mol. The molecule has 1 atom stereocenters. The molecular formula is C23H19NO5. The molecule has 6 heteroatoms. The van der Waals surface area contributed by atoms with Crippen molar-refractivity contribution in [1.82, 2.24) is 0 Å². The first-order chi connectivity index (χ1) is 14.2. The Morgan fingerprint density at radius 3 is 2.38 bits per heavy atom. The van der Waals surface area contributed by atoms with Crippen molar-refractivity contribution in [2.45, 2.75) is 6.04 Å². The van der Waals surface area contributed by atoms with Crippen LogP contribution in [0.4, 0.5) is 5.69 Å². The number of carbonyl (C=O) groups excluding carboxylic acids is 2. The fraction of sp³-hybridized carbons (Fsp3) is 0.130. The number of fused-ring (bicyclic) bond motifs is 2. The molecule has 0 saturated carbocycles. The lowest BCUT2D eigenvalue weighted by molar-refractivity contribution is -0.121. The predicted octanol–water partition coefficient (Wildman–Crippen LogP) is 4.38. The molecule has 0 bridgehead atoms. The zero-order valence-electron chi connectivity index (χ0n) is 15.8. The lowest BCUT2D eigenvalue weighted by atomic mass is 10.0. The number of Topliss-reactive ketones (excluding diaryl/α,β-unsaturated/α-hetero) is 1. The first kappa shape index (κ1) is 18.6. The number of para-hydroxylation sites is 3. The smallest absolute Gasteiger partial charge is 0.337 e. The Hall–Kier alpha value is -3.80. The molecule has 6 nitrogen and oxygen atoms in total. The molecule has 0 amide bonds. The molecule has 1 aliphatic heterocycles. The number of ether oxygens (including phenoxy) is 3. The average molecular weight is 389 g/mol. The Bertz CT molecular complexity index is 1050. The largest absolute Gasteiger partial charge is 0.486 e. The van der Waals surface area contributed by atoms with Crippen LogP contribution in [-0.2, 0) is 9.53 Å². The van der Waals surface area contributed by atoms with Gasteiger partial charge in [0.25, 0.3) is 0 Å². The molecule has 1 heterocycles. The van der Waals surface area contributed by atoms with E-state index in [1.165, 1.54) is 7.11 Å². The quantitative estimate of drug-likeness (QED) is 0.653. The van der Waals surface area contributed by atoms with Crippen molar-refractivity contribution >= 4 is 17.4 Å². The van der Waals surface area contributed by atoms with Crippen molar-refractivity contribution in [2.24, 2.45) is 0 Å². The maximum absolute atomic E-state index is 13.0. The first-order valence-electron chi connectivity index (χ1n) is 9.12. The fourth-order valence-electron chi connectivity index (χ4n) is 3.14. The SMILES string of the molecule is COC(=O)c1ccc(OCC(=O)C2Nc3ccccc3Oc3ccccc32)cc1. The number of hydrogen-bond acceptors (Lipinski definition) is 6. The molecule has 3 aromatic carbocycles. The van der Waals surface area contributed by atoms with E-state index in [1.54, 1.807) is 24.3 Å². The topological polar surface area (TPSA) is 73.9 Å². The van der Waals surface area contributed by atoms with E-state index in [-0.39, 0.29) is 12.4 Å². The van der Waals surface area contributed by atoms with Crippen molar-refractivity contribution in [1.29, 1.82) is 0 Å². The summed E-state index contributed by atoms with van der Waals surface area (Å²) in [6.07, 6.45) is 0. The number of rotatable bonds is 5. The highest BCUT2D eigenvalue weighted by molar-refractivity contribution is 5.91. The molecule has 0 spiro atoms. The van der Waals surface area contributed by atoms with E-state index >= 15 is 0 Å². The number of benzene rings is 3. The Labute approximate surface area is 168 Å². The molecule has 0 aliphatic carbocycles. The molecule has 0 saturated heterocycles. The van der Waals surface area contributed by atoms with Crippen LogP contribution in [0.5, 0.6) is 17.2 Å². The minimum Gasteiger partial charge on any atom is -0.486 e. The van der Waals surface area contributed by atoms with Crippen molar-refractivity contribution in [3.05, 3.63) is 83.9 Å². The summed E-state index contributed by atoms with van der Waals surface area (Å²) in [7, 11) is 1.32. The molecule has 4 rings (SSSR count). The second-order valence-corrected chi connectivity index (χ2v) is 6.48. The van der Waals surface area contributed by atoms with Crippen LogP contribution in [0.15, 0.2) is 72.8 Å². The monoisotopic (exact) mass is 389 g/mol. The van der Waals surface area contributed by atoms with Crippen LogP contribution < -0.4 is 14.8 Å². The summed E-state index contributed by atoms with van der Waals surface area (Å²) >= 11 is 0. The van der Waals surface area contributed by atoms with Gasteiger partial charge in [0.2, 0.25) is 0 Å². The van der Waals surface area contributed by atoms with Gasteiger partial charge in [-0.15, -0.1) is 0 Å². The predicted molar refractivity (Wildman–Crippen MR) is 108 cm³/mol. The van der Waals surface area contributed by atoms with Crippen LogP contribution in [0.1, 0.15) is 22.0 Å². The zero-order chi connectivity index (χ0) is 20.2. The van der Waals surface area contributed by atoms with E-state index in [1.807, 2.05) is 48.5 Å². The van der Waals surface area contributed by atoms with Crippen molar-refractivity contribution in [3.8, 4) is 17.2 Å². The van der Waals surface area contributed by atoms with Gasteiger partial charge in [-0.2, -0.15) is 0 Å². The summed E-state index contributed by atoms with van der Waals surface area (Å²) in [5.41, 5.74) is 1.90. The van der Waals surface area contributed by atoms with Crippen LogP contribution in [-0.4, -0.2) is 25.5 Å². The molecule has 0 radical (unpaired) electrons. The zero-order valence-corrected chi connectivity index (χ0v) is 15.8. The third-order valence-corrected chi connectivity index (χ3v) is 4.62. The number of carbonyl (C=O) groups is 2. The maximum atomic E-state index is 13.0. The van der Waals surface area contributed by atoms with Gasteiger partial charge in [0.15, 0.2) is 11.5 Å². The number of anilines is 1. The Morgan fingerprint density at radius 1 is 0.931 bits per heavy atom. The van der Waals surface area contributed by atoms with Crippen LogP contribution in [0, 0.1) is 0 Å². The summed E-state index contributed by atoms with van der Waals surface area (Å²) in [5, 5.41) is 3.27. The van der Waals surface area contributed by atoms with Gasteiger partial charge in [-0.1, -0.05) is 30.3 Å². The van der Waals surface area contributed by atoms with Gasteiger partial charge >= 0.3 is 5.97 Å². The van der Waals surface area contributed by atoms with E-state index in [4.69, 9.17) is 9.47 Å². The van der Waals surface area contributed by atoms with Crippen LogP contribution in [0.2, 0.25) is 0 Å². The summed E-state index contributed by atoms with van der Waals surface area (Å²) in [6, 6.07) is 20.8. The second kappa shape index (κ2) is 8.06. The van der Waals surface area contributed by atoms with Gasteiger partial charge in [0.05, 0.1) is 18.4 Å². The Balaban J connectivity index is 1.52. The summed E-state index contributed by atoms with van der Waals surface area (Å²) in [6.45, 7) is -0.133. The molecule has 0 fully saturated rings. The number of esters is 1. The molecule has 146 valence electrons. The van der Waals surface area contributed by atoms with E-state index in [9.17, 15) is 9.59 Å². The van der Waals surface area contributed by atoms with Crippen LogP contribution >= 0.6 is 0 Å². The standard InChI is InChI=1S/C23H19NO5/c1-27-23(26)15-10-12-16(13-11-15)28-14-19(25)22-17-6-2-4-8-20(17)29-21-9-5-3-7-18(21)24-22/h2-13,22,24H,14H2,1H3. The lowest BCUT2D eigenvalue weighted by Crippen LogP contribution is -2.25. The van der Waals surface area contributed by atoms with Crippen molar-refractivity contribution in [3.63, 3.8) is 0 Å². The minimum atomic E-state index is -0.607. The van der Waals surface area contributed by atoms with Crippen LogP contribution in [0.3, 0.4) is 0 Å². The molecule has 1 aliphatic rings. The average Bonchev–Trinajstić information content (AvgIpc) is 2.94. The highest BCUT2D eigenvalue weighted by Crippen LogP contribution is 2.40. The maximum Gasteiger partial charge on any atom is 0.337 e. The number of nitrogens with one attached hydrogen (secondary N) is 1. The second-order valence-electron chi connectivity index (χ2n) is 6.48. The normalized spacial score (nSPS) is 14.3. The van der Waals surface area contributed by atoms with Crippen molar-refractivity contribution < 1.29 is 23.8 Å². The molecule has 3 aromatic rings. The van der Waals surface area contributed by atoms with E-state index in [2.05, 4.69) is 10.1 Å². The highest BCUT2D eigenvalue weighted by Gasteiger charge is 2.28. The first-order valence-corrected chi connectivity index (χ1v) is 9.12. The number of hydrogen-bond donors (Lipinski definition) is 1. The third-order valence-electron chi connectivity index (χ3n) is 4.62. The summed E-state index contributed by atoms with van der Waals surface area (Å²) < 4.78 is 16.3. The molecule has 1 N–H and O–H groups in total. The van der Waals surface area contributed by atoms with E-state index in [0.717, 1.165) is 11.3 Å². The Morgan fingerprint density at radius 2 is 1.62 bits per heavy atom. The van der Waals surface area contributed by atoms with E-state index < -0.39 is 12.0 Å². The van der Waals surface area contributed by atoms with Gasteiger partial charge in [-0.3, -0.25) is 4.79 Å². The molecule has 0 aromatic heterocycles. The summed E-state index contributed by atoms with van der Waals surface area (Å²) in [5.74, 6) is 1.21. The fourth-order valence-corrected chi connectivity index (χ4v) is 3.14. The molecule has 29 heavy (non-hydrogen) atoms. The van der Waals surface area contributed by atoms with Gasteiger partial charge < -0.3 is 19.5 Å². The van der Waals surface area contributed by atoms with Gasteiger partial charge in [-0.05, 0) is 42.5 Å². The molecule has 1 unspecified atom stereocenters. The summed E-state index contributed by atoms with van der Waals surface area (Å²) in [4.78, 5) is 24.5. The highest BCUT2D eigenvalue weighted by atomic mass is 16.5. The van der Waals surface area contributed by atoms with Crippen LogP contribution in [0.25, 0.3) is 0 Å². The minimum absolute atomic E-state index is 0.133. The van der Waals surface area contributed by atoms with E-state index in [0.29, 0.717) is 22.8 Å². The number of ketones is 1. The third kappa shape index (κ3) is 3.91.